The summed E-state index contributed by atoms with van der Waals surface area (Å²) in [6.07, 6.45) is 3.72. The number of hydrogen-bond donors (Lipinski definition) is 1. The van der Waals surface area contributed by atoms with Gasteiger partial charge >= 0.3 is 0 Å². The van der Waals surface area contributed by atoms with Gasteiger partial charge in [-0.15, -0.1) is 0 Å². The minimum atomic E-state index is -0.624. The fourth-order valence-electron chi connectivity index (χ4n) is 1.92. The summed E-state index contributed by atoms with van der Waals surface area (Å²) >= 11 is 0. The molecule has 0 saturated heterocycles. The highest BCUT2D eigenvalue weighted by Gasteiger charge is 2.22. The third-order valence-electron chi connectivity index (χ3n) is 3.05. The quantitative estimate of drug-likeness (QED) is 0.784. The van der Waals surface area contributed by atoms with Crippen LogP contribution in [0.3, 0.4) is 0 Å². The fraction of sp³-hybridized carbons (Fsp3) is 0.500. The molecule has 1 aromatic rings. The summed E-state index contributed by atoms with van der Waals surface area (Å²) in [7, 11) is 0. The van der Waals surface area contributed by atoms with Gasteiger partial charge in [0.1, 0.15) is 5.82 Å². The Bertz CT molecular complexity index is 307. The Kier molecular flexibility index (Phi) is 2.82. The van der Waals surface area contributed by atoms with Crippen LogP contribution in [0.2, 0.25) is 0 Å². The van der Waals surface area contributed by atoms with Crippen molar-refractivity contribution in [1.29, 1.82) is 0 Å². The molecule has 0 aromatic heterocycles. The largest absolute Gasteiger partial charge is 0.388 e. The molecule has 0 aliphatic heterocycles. The normalized spacial score (nSPS) is 19.0. The third kappa shape index (κ3) is 1.95. The van der Waals surface area contributed by atoms with Gasteiger partial charge in [-0.25, -0.2) is 4.39 Å². The molecule has 0 amide bonds. The van der Waals surface area contributed by atoms with Gasteiger partial charge in [0.2, 0.25) is 0 Å². The first-order valence-electron chi connectivity index (χ1n) is 5.20. The molecule has 14 heavy (non-hydrogen) atoms. The van der Waals surface area contributed by atoms with Gasteiger partial charge < -0.3 is 5.11 Å². The molecule has 1 fully saturated rings. The van der Waals surface area contributed by atoms with Crippen LogP contribution in [0.4, 0.5) is 4.39 Å². The van der Waals surface area contributed by atoms with E-state index < -0.39 is 6.10 Å². The van der Waals surface area contributed by atoms with E-state index in [1.165, 1.54) is 25.3 Å². The standard InChI is InChI=1S/C12H15FO/c13-11-7-2-1-6-10(11)12(14)8-9-4-3-5-9/h1-2,6-7,9,12,14H,3-5,8H2. The molecule has 1 aliphatic carbocycles. The van der Waals surface area contributed by atoms with Gasteiger partial charge in [-0.3, -0.25) is 0 Å². The Morgan fingerprint density at radius 2 is 2.07 bits per heavy atom. The zero-order valence-electron chi connectivity index (χ0n) is 8.12. The van der Waals surface area contributed by atoms with Gasteiger partial charge in [0.05, 0.1) is 6.10 Å². The highest BCUT2D eigenvalue weighted by molar-refractivity contribution is 5.19. The van der Waals surface area contributed by atoms with Crippen molar-refractivity contribution >= 4 is 0 Å². The molecule has 0 bridgehead atoms. The predicted octanol–water partition coefficient (Wildman–Crippen LogP) is 3.05. The van der Waals surface area contributed by atoms with E-state index in [-0.39, 0.29) is 5.82 Å². The molecule has 1 aromatic carbocycles. The Hall–Kier alpha value is -0.890. The lowest BCUT2D eigenvalue weighted by atomic mass is 9.80. The zero-order valence-corrected chi connectivity index (χ0v) is 8.12. The maximum Gasteiger partial charge on any atom is 0.128 e. The molecule has 0 radical (unpaired) electrons. The van der Waals surface area contributed by atoms with Crippen molar-refractivity contribution in [3.63, 3.8) is 0 Å². The van der Waals surface area contributed by atoms with E-state index in [0.717, 1.165) is 0 Å². The van der Waals surface area contributed by atoms with Crippen molar-refractivity contribution in [2.45, 2.75) is 31.8 Å². The van der Waals surface area contributed by atoms with Crippen LogP contribution in [0.5, 0.6) is 0 Å². The van der Waals surface area contributed by atoms with Gasteiger partial charge in [-0.2, -0.15) is 0 Å². The lowest BCUT2D eigenvalue weighted by Crippen LogP contribution is -2.15. The lowest BCUT2D eigenvalue weighted by molar-refractivity contribution is 0.115. The SMILES string of the molecule is OC(CC1CCC1)c1ccccc1F. The van der Waals surface area contributed by atoms with E-state index in [1.54, 1.807) is 18.2 Å². The number of benzene rings is 1. The van der Waals surface area contributed by atoms with Gasteiger partial charge in [0.25, 0.3) is 0 Å². The molecule has 1 unspecified atom stereocenters. The monoisotopic (exact) mass is 194 g/mol. The number of hydrogen-bond acceptors (Lipinski definition) is 1. The molecule has 1 nitrogen and oxygen atoms in total. The van der Waals surface area contributed by atoms with Crippen LogP contribution >= 0.6 is 0 Å². The van der Waals surface area contributed by atoms with Crippen molar-refractivity contribution in [1.82, 2.24) is 0 Å². The van der Waals surface area contributed by atoms with Crippen LogP contribution in [0.15, 0.2) is 24.3 Å². The van der Waals surface area contributed by atoms with Crippen LogP contribution in [0.25, 0.3) is 0 Å². The summed E-state index contributed by atoms with van der Waals surface area (Å²) < 4.78 is 13.3. The second-order valence-corrected chi connectivity index (χ2v) is 4.07. The van der Waals surface area contributed by atoms with E-state index in [2.05, 4.69) is 0 Å². The van der Waals surface area contributed by atoms with Crippen LogP contribution < -0.4 is 0 Å². The van der Waals surface area contributed by atoms with E-state index in [4.69, 9.17) is 0 Å². The van der Waals surface area contributed by atoms with Crippen molar-refractivity contribution < 1.29 is 9.50 Å². The zero-order chi connectivity index (χ0) is 9.97. The maximum atomic E-state index is 13.3. The molecule has 1 N–H and O–H groups in total. The average molecular weight is 194 g/mol. The number of halogens is 1. The molecular weight excluding hydrogens is 179 g/mol. The molecular formula is C12H15FO. The van der Waals surface area contributed by atoms with Crippen molar-refractivity contribution in [2.24, 2.45) is 5.92 Å². The smallest absolute Gasteiger partial charge is 0.128 e. The van der Waals surface area contributed by atoms with Crippen LogP contribution in [0, 0.1) is 11.7 Å². The van der Waals surface area contributed by atoms with Gasteiger partial charge in [0, 0.05) is 5.56 Å². The topological polar surface area (TPSA) is 20.2 Å². The van der Waals surface area contributed by atoms with E-state index >= 15 is 0 Å². The highest BCUT2D eigenvalue weighted by Crippen LogP contribution is 2.35. The summed E-state index contributed by atoms with van der Waals surface area (Å²) in [4.78, 5) is 0. The summed E-state index contributed by atoms with van der Waals surface area (Å²) in [6.45, 7) is 0. The van der Waals surface area contributed by atoms with Crippen molar-refractivity contribution in [3.8, 4) is 0 Å². The molecule has 2 heteroatoms. The second-order valence-electron chi connectivity index (χ2n) is 4.07. The minimum Gasteiger partial charge on any atom is -0.388 e. The second kappa shape index (κ2) is 4.09. The van der Waals surface area contributed by atoms with Gasteiger partial charge in [-0.1, -0.05) is 37.5 Å². The first-order chi connectivity index (χ1) is 6.77. The summed E-state index contributed by atoms with van der Waals surface area (Å²) in [5.74, 6) is 0.309. The third-order valence-corrected chi connectivity index (χ3v) is 3.05. The Labute approximate surface area is 83.6 Å². The molecule has 0 spiro atoms. The summed E-state index contributed by atoms with van der Waals surface area (Å²) in [6, 6.07) is 6.48. The van der Waals surface area contributed by atoms with Crippen LogP contribution in [-0.4, -0.2) is 5.11 Å². The predicted molar refractivity (Wildman–Crippen MR) is 53.3 cm³/mol. The minimum absolute atomic E-state index is 0.292. The molecule has 1 atom stereocenters. The van der Waals surface area contributed by atoms with Gasteiger partial charge in [0.15, 0.2) is 0 Å². The average Bonchev–Trinajstić information content (AvgIpc) is 2.12. The van der Waals surface area contributed by atoms with Crippen LogP contribution in [0.1, 0.15) is 37.4 Å². The van der Waals surface area contributed by atoms with Crippen molar-refractivity contribution in [3.05, 3.63) is 35.6 Å². The Balaban J connectivity index is 2.02. The molecule has 0 heterocycles. The van der Waals surface area contributed by atoms with E-state index in [0.29, 0.717) is 17.9 Å². The Morgan fingerprint density at radius 1 is 1.36 bits per heavy atom. The van der Waals surface area contributed by atoms with Gasteiger partial charge in [-0.05, 0) is 18.4 Å². The Morgan fingerprint density at radius 3 is 2.64 bits per heavy atom. The number of rotatable bonds is 3. The molecule has 1 saturated carbocycles. The van der Waals surface area contributed by atoms with Crippen LogP contribution in [-0.2, 0) is 0 Å². The fourth-order valence-corrected chi connectivity index (χ4v) is 1.92. The molecule has 1 aliphatic rings. The molecule has 76 valence electrons. The molecule has 2 rings (SSSR count). The lowest BCUT2D eigenvalue weighted by Gasteiger charge is -2.27. The van der Waals surface area contributed by atoms with E-state index in [1.807, 2.05) is 0 Å². The first kappa shape index (κ1) is 9.66. The summed E-state index contributed by atoms with van der Waals surface area (Å²) in [5.41, 5.74) is 0.444. The first-order valence-corrected chi connectivity index (χ1v) is 5.20. The number of aliphatic hydroxyl groups is 1. The summed E-state index contributed by atoms with van der Waals surface area (Å²) in [5, 5.41) is 9.80. The van der Waals surface area contributed by atoms with Crippen molar-refractivity contribution in [2.75, 3.05) is 0 Å². The maximum absolute atomic E-state index is 13.3. The number of aliphatic hydroxyl groups excluding tert-OH is 1. The highest BCUT2D eigenvalue weighted by atomic mass is 19.1. The van der Waals surface area contributed by atoms with E-state index in [9.17, 15) is 9.50 Å².